The third kappa shape index (κ3) is 15.8. The molecule has 2 heterocycles. The van der Waals surface area contributed by atoms with Gasteiger partial charge in [-0.2, -0.15) is 0 Å². The number of nitrogens with zero attached hydrogens (tertiary/aromatic N) is 4. The van der Waals surface area contributed by atoms with E-state index in [0.717, 1.165) is 0 Å². The lowest BCUT2D eigenvalue weighted by Crippen LogP contribution is -2.51. The highest BCUT2D eigenvalue weighted by molar-refractivity contribution is 6.09. The maximum Gasteiger partial charge on any atom is 0.410 e. The van der Waals surface area contributed by atoms with E-state index in [1.807, 2.05) is 4.90 Å². The van der Waals surface area contributed by atoms with Crippen LogP contribution in [0.5, 0.6) is 5.75 Å². The summed E-state index contributed by atoms with van der Waals surface area (Å²) in [7, 11) is 0. The van der Waals surface area contributed by atoms with Crippen molar-refractivity contribution in [2.24, 2.45) is 0 Å². The van der Waals surface area contributed by atoms with Crippen molar-refractivity contribution < 1.29 is 60.9 Å². The van der Waals surface area contributed by atoms with Crippen LogP contribution in [0.15, 0.2) is 63.8 Å². The summed E-state index contributed by atoms with van der Waals surface area (Å²) >= 11 is 0. The Morgan fingerprint density at radius 2 is 1.16 bits per heavy atom. The average Bonchev–Trinajstić information content (AvgIpc) is 3.25. The van der Waals surface area contributed by atoms with Crippen molar-refractivity contribution in [3.05, 3.63) is 75.9 Å². The van der Waals surface area contributed by atoms with Crippen LogP contribution >= 0.6 is 0 Å². The van der Waals surface area contributed by atoms with Gasteiger partial charge in [0.1, 0.15) is 60.5 Å². The van der Waals surface area contributed by atoms with Crippen LogP contribution in [0.4, 0.5) is 23.2 Å². The van der Waals surface area contributed by atoms with Crippen LogP contribution in [-0.4, -0.2) is 159 Å². The van der Waals surface area contributed by atoms with Crippen molar-refractivity contribution in [2.45, 2.75) is 79.1 Å². The van der Waals surface area contributed by atoms with Gasteiger partial charge in [0.15, 0.2) is 5.43 Å². The predicted octanol–water partition coefficient (Wildman–Crippen LogP) is 7.80. The molecule has 1 N–H and O–H groups in total. The van der Waals surface area contributed by atoms with Gasteiger partial charge in [-0.05, 0) is 104 Å². The first kappa shape index (κ1) is 53.5. The largest absolute Gasteiger partial charge is 0.491 e. The number of hydrogen-bond acceptors (Lipinski definition) is 13. The minimum absolute atomic E-state index is 0.0633. The van der Waals surface area contributed by atoms with E-state index in [-0.39, 0.29) is 100.0 Å². The quantitative estimate of drug-likeness (QED) is 0.0873. The molecule has 0 radical (unpaired) electrons. The Morgan fingerprint density at radius 3 is 1.68 bits per heavy atom. The van der Waals surface area contributed by atoms with Crippen molar-refractivity contribution >= 4 is 41.1 Å². The van der Waals surface area contributed by atoms with Gasteiger partial charge >= 0.3 is 24.2 Å². The summed E-state index contributed by atoms with van der Waals surface area (Å²) in [6, 6.07) is 13.4. The molecule has 0 spiro atoms. The number of amides is 4. The Morgan fingerprint density at radius 1 is 0.638 bits per heavy atom. The number of fused-ring (bicyclic) bond motifs is 2. The third-order valence-corrected chi connectivity index (χ3v) is 10.4. The van der Waals surface area contributed by atoms with Gasteiger partial charge in [0.25, 0.3) is 5.91 Å². The number of rotatable bonds is 11. The fourth-order valence-corrected chi connectivity index (χ4v) is 7.30. The zero-order valence-corrected chi connectivity index (χ0v) is 41.0. The van der Waals surface area contributed by atoms with Crippen LogP contribution in [0, 0.1) is 0 Å². The molecule has 17 nitrogen and oxygen atoms in total. The SMILES string of the molecule is CC(C)(C)OC(=O)N1CCN(CCNC(=O)c2ccc(-c3c4ccc(=O)cc-4oc4cc(OCC[18F])ccc34)c(C(=O)OCCF)c2)CCN(C(=O)OC(C)(C)C)CCN(C(=O)OC(C)(C)C)CC1. The number of halogens is 2. The van der Waals surface area contributed by atoms with Gasteiger partial charge in [-0.15, -0.1) is 0 Å². The molecule has 2 aromatic rings. The molecule has 1 saturated heterocycles. The topological polar surface area (TPSA) is 187 Å². The standard InChI is InChI=1S/C50H65F2N5O12/c1-48(2,3)67-45(61)55-22-20-54(21-23-56(46(62)68-49(4,5)6)25-27-57(26-24-55)47(63)69-50(7,8)9)19-18-53-43(59)33-10-13-36(39(30-33)44(60)65-29-17-52)42-37-14-11-34(58)31-40(37)66-41-32-35(64-28-16-51)12-15-38(41)42/h10-15,30-32H,16-29H2,1-9H3,(H,53,59)/i51-1. The molecule has 5 rings (SSSR count). The van der Waals surface area contributed by atoms with E-state index in [4.69, 9.17) is 28.1 Å². The van der Waals surface area contributed by atoms with Crippen LogP contribution in [0.2, 0.25) is 0 Å². The zero-order valence-electron chi connectivity index (χ0n) is 41.0. The number of carbonyl (C=O) groups excluding carboxylic acids is 5. The lowest BCUT2D eigenvalue weighted by molar-refractivity contribution is 0.00476. The second-order valence-electron chi connectivity index (χ2n) is 19.4. The number of hydrogen-bond donors (Lipinski definition) is 1. The summed E-state index contributed by atoms with van der Waals surface area (Å²) in [6.45, 7) is 15.0. The summed E-state index contributed by atoms with van der Waals surface area (Å²) < 4.78 is 60.3. The molecule has 2 aliphatic heterocycles. The van der Waals surface area contributed by atoms with E-state index in [2.05, 4.69) is 5.32 Å². The number of benzene rings is 3. The fourth-order valence-electron chi connectivity index (χ4n) is 7.30. The summed E-state index contributed by atoms with van der Waals surface area (Å²) in [5, 5.41) is 3.40. The molecule has 0 atom stereocenters. The molecule has 3 aliphatic rings. The van der Waals surface area contributed by atoms with Gasteiger partial charge < -0.3 is 48.1 Å². The Kier molecular flexibility index (Phi) is 18.0. The summed E-state index contributed by atoms with van der Waals surface area (Å²) in [6.07, 6.45) is -1.76. The van der Waals surface area contributed by atoms with Crippen molar-refractivity contribution in [2.75, 3.05) is 92.0 Å². The summed E-state index contributed by atoms with van der Waals surface area (Å²) in [5.74, 6) is -0.958. The smallest absolute Gasteiger partial charge is 0.410 e. The predicted molar refractivity (Wildman–Crippen MR) is 254 cm³/mol. The van der Waals surface area contributed by atoms with E-state index in [9.17, 15) is 37.5 Å². The Bertz CT molecular complexity index is 2430. The average molecular weight is 965 g/mol. The van der Waals surface area contributed by atoms with Crippen molar-refractivity contribution in [3.63, 3.8) is 0 Å². The molecule has 69 heavy (non-hydrogen) atoms. The highest BCUT2D eigenvalue weighted by Crippen LogP contribution is 2.42. The molecule has 0 aromatic heterocycles. The highest BCUT2D eigenvalue weighted by atomic mass is 19.1. The number of alkyl halides is 2. The maximum atomic E-state index is 13.9. The monoisotopic (exact) mass is 964 g/mol. The molecule has 1 fully saturated rings. The van der Waals surface area contributed by atoms with E-state index in [1.54, 1.807) is 86.6 Å². The van der Waals surface area contributed by atoms with Crippen LogP contribution in [-0.2, 0) is 18.9 Å². The molecule has 2 aromatic carbocycles. The van der Waals surface area contributed by atoms with E-state index >= 15 is 0 Å². The number of nitrogens with one attached hydrogen (secondary N) is 1. The van der Waals surface area contributed by atoms with Gasteiger partial charge in [0, 0.05) is 99.7 Å². The molecular weight excluding hydrogens is 900 g/mol. The first-order chi connectivity index (χ1) is 32.4. The number of carbonyl (C=O) groups is 5. The Hall–Kier alpha value is -6.50. The van der Waals surface area contributed by atoms with Gasteiger partial charge in [-0.3, -0.25) is 14.5 Å². The molecule has 0 saturated carbocycles. The first-order valence-corrected chi connectivity index (χ1v) is 23.0. The molecular formula is C50H65F2N5O12. The van der Waals surface area contributed by atoms with Crippen molar-refractivity contribution in [1.82, 2.24) is 24.9 Å². The van der Waals surface area contributed by atoms with Gasteiger partial charge in [-0.1, -0.05) is 6.07 Å². The van der Waals surface area contributed by atoms with Gasteiger partial charge in [0.2, 0.25) is 0 Å². The normalized spacial score (nSPS) is 14.7. The minimum Gasteiger partial charge on any atom is -0.491 e. The molecule has 0 unspecified atom stereocenters. The molecule has 4 amide bonds. The molecule has 1 aliphatic carbocycles. The molecule has 19 heteroatoms. The van der Waals surface area contributed by atoms with Crippen LogP contribution in [0.1, 0.15) is 83.0 Å². The Labute approximate surface area is 401 Å². The second-order valence-corrected chi connectivity index (χ2v) is 19.4. The van der Waals surface area contributed by atoms with Crippen molar-refractivity contribution in [3.8, 4) is 28.2 Å². The lowest BCUT2D eigenvalue weighted by atomic mass is 9.89. The van der Waals surface area contributed by atoms with E-state index in [1.165, 1.54) is 45.0 Å². The fraction of sp³-hybridized carbons (Fsp3) is 0.520. The van der Waals surface area contributed by atoms with Gasteiger partial charge in [0.05, 0.1) is 5.56 Å². The maximum absolute atomic E-state index is 13.9. The minimum atomic E-state index is -0.947. The van der Waals surface area contributed by atoms with E-state index < -0.39 is 66.9 Å². The summed E-state index contributed by atoms with van der Waals surface area (Å²) in [5.41, 5.74) is -1.25. The third-order valence-electron chi connectivity index (χ3n) is 10.4. The van der Waals surface area contributed by atoms with Crippen LogP contribution in [0.25, 0.3) is 33.4 Å². The van der Waals surface area contributed by atoms with Crippen molar-refractivity contribution in [1.29, 1.82) is 0 Å². The number of ether oxygens (including phenoxy) is 5. The molecule has 0 bridgehead atoms. The Balaban J connectivity index is 1.43. The van der Waals surface area contributed by atoms with E-state index in [0.29, 0.717) is 27.8 Å². The number of esters is 1. The van der Waals surface area contributed by atoms with Gasteiger partial charge in [-0.25, -0.2) is 28.0 Å². The summed E-state index contributed by atoms with van der Waals surface area (Å²) in [4.78, 5) is 87.1. The zero-order chi connectivity index (χ0) is 50.7. The first-order valence-electron chi connectivity index (χ1n) is 23.0. The highest BCUT2D eigenvalue weighted by Gasteiger charge is 2.30. The van der Waals surface area contributed by atoms with Crippen LogP contribution in [0.3, 0.4) is 0 Å². The second kappa shape index (κ2) is 23.2. The van der Waals surface area contributed by atoms with Crippen LogP contribution < -0.4 is 15.5 Å². The lowest BCUT2D eigenvalue weighted by Gasteiger charge is -2.35. The molecule has 376 valence electrons.